The van der Waals surface area contributed by atoms with Gasteiger partial charge in [0.1, 0.15) is 0 Å². The molecule has 0 spiro atoms. The molecule has 2 rings (SSSR count). The summed E-state index contributed by atoms with van der Waals surface area (Å²) in [4.78, 5) is 1.35. The first-order chi connectivity index (χ1) is 7.25. The largest absolute Gasteiger partial charge is 0.324 e. The van der Waals surface area contributed by atoms with E-state index in [1.165, 1.54) is 16.0 Å². The highest BCUT2D eigenvalue weighted by molar-refractivity contribution is 7.09. The summed E-state index contributed by atoms with van der Waals surface area (Å²) < 4.78 is 0. The van der Waals surface area contributed by atoms with Gasteiger partial charge in [-0.05, 0) is 23.9 Å². The lowest BCUT2D eigenvalue weighted by atomic mass is 10.0. The smallest absolute Gasteiger partial charge is 0.0343 e. The molecule has 0 bridgehead atoms. The third-order valence-electron chi connectivity index (χ3n) is 2.47. The summed E-state index contributed by atoms with van der Waals surface area (Å²) in [6.07, 6.45) is 0.932. The van der Waals surface area contributed by atoms with Crippen LogP contribution in [0.5, 0.6) is 0 Å². The summed E-state index contributed by atoms with van der Waals surface area (Å²) in [5, 5.41) is 2.10. The van der Waals surface area contributed by atoms with Crippen LogP contribution in [-0.4, -0.2) is 0 Å². The lowest BCUT2D eigenvalue weighted by molar-refractivity contribution is 0.729. The summed E-state index contributed by atoms with van der Waals surface area (Å²) in [6, 6.07) is 12.8. The molecular formula is C13H15NS. The third-order valence-corrected chi connectivity index (χ3v) is 3.37. The van der Waals surface area contributed by atoms with E-state index in [1.807, 2.05) is 0 Å². The van der Waals surface area contributed by atoms with Gasteiger partial charge in [-0.3, -0.25) is 0 Å². The zero-order chi connectivity index (χ0) is 10.7. The minimum Gasteiger partial charge on any atom is -0.324 e. The molecule has 0 aliphatic rings. The molecule has 1 aromatic heterocycles. The molecule has 2 aromatic rings. The predicted molar refractivity (Wildman–Crippen MR) is 66.1 cm³/mol. The predicted octanol–water partition coefficient (Wildman–Crippen LogP) is 3.30. The van der Waals surface area contributed by atoms with Gasteiger partial charge >= 0.3 is 0 Å². The SMILES string of the molecule is Cc1cccc(C(N)Cc2cccs2)c1. The normalized spacial score (nSPS) is 12.7. The fourth-order valence-electron chi connectivity index (χ4n) is 1.66. The maximum Gasteiger partial charge on any atom is 0.0343 e. The molecule has 78 valence electrons. The molecule has 0 saturated carbocycles. The fraction of sp³-hybridized carbons (Fsp3) is 0.231. The van der Waals surface area contributed by atoms with Crippen molar-refractivity contribution in [2.24, 2.45) is 5.73 Å². The van der Waals surface area contributed by atoms with E-state index in [0.29, 0.717) is 0 Å². The van der Waals surface area contributed by atoms with Crippen LogP contribution in [0.3, 0.4) is 0 Å². The summed E-state index contributed by atoms with van der Waals surface area (Å²) in [6.45, 7) is 2.10. The van der Waals surface area contributed by atoms with E-state index < -0.39 is 0 Å². The number of nitrogens with two attached hydrogens (primary N) is 1. The van der Waals surface area contributed by atoms with Crippen molar-refractivity contribution >= 4 is 11.3 Å². The van der Waals surface area contributed by atoms with Crippen molar-refractivity contribution in [3.63, 3.8) is 0 Å². The Balaban J connectivity index is 2.11. The van der Waals surface area contributed by atoms with Gasteiger partial charge in [-0.2, -0.15) is 0 Å². The second kappa shape index (κ2) is 4.60. The topological polar surface area (TPSA) is 26.0 Å². The van der Waals surface area contributed by atoms with Crippen LogP contribution in [0.2, 0.25) is 0 Å². The van der Waals surface area contributed by atoms with Crippen LogP contribution in [0.4, 0.5) is 0 Å². The highest BCUT2D eigenvalue weighted by Crippen LogP contribution is 2.19. The summed E-state index contributed by atoms with van der Waals surface area (Å²) in [7, 11) is 0. The van der Waals surface area contributed by atoms with Crippen molar-refractivity contribution < 1.29 is 0 Å². The molecule has 0 aliphatic heterocycles. The first kappa shape index (κ1) is 10.4. The Morgan fingerprint density at radius 3 is 2.80 bits per heavy atom. The average molecular weight is 217 g/mol. The zero-order valence-electron chi connectivity index (χ0n) is 8.81. The highest BCUT2D eigenvalue weighted by Gasteiger charge is 2.07. The van der Waals surface area contributed by atoms with E-state index in [-0.39, 0.29) is 6.04 Å². The monoisotopic (exact) mass is 217 g/mol. The summed E-state index contributed by atoms with van der Waals surface area (Å²) in [5.74, 6) is 0. The minimum atomic E-state index is 0.114. The molecule has 0 amide bonds. The first-order valence-corrected chi connectivity index (χ1v) is 5.98. The molecule has 0 saturated heterocycles. The zero-order valence-corrected chi connectivity index (χ0v) is 9.63. The highest BCUT2D eigenvalue weighted by atomic mass is 32.1. The molecular weight excluding hydrogens is 202 g/mol. The number of aryl methyl sites for hydroxylation is 1. The van der Waals surface area contributed by atoms with E-state index in [0.717, 1.165) is 6.42 Å². The molecule has 0 radical (unpaired) electrons. The molecule has 0 fully saturated rings. The first-order valence-electron chi connectivity index (χ1n) is 5.10. The number of benzene rings is 1. The molecule has 1 aromatic carbocycles. The Morgan fingerprint density at radius 1 is 1.27 bits per heavy atom. The van der Waals surface area contributed by atoms with Crippen LogP contribution in [-0.2, 0) is 6.42 Å². The molecule has 1 nitrogen and oxygen atoms in total. The van der Waals surface area contributed by atoms with Gasteiger partial charge in [0.05, 0.1) is 0 Å². The van der Waals surface area contributed by atoms with Crippen LogP contribution in [0, 0.1) is 6.92 Å². The van der Waals surface area contributed by atoms with Crippen LogP contribution >= 0.6 is 11.3 Å². The van der Waals surface area contributed by atoms with Gasteiger partial charge in [0.2, 0.25) is 0 Å². The Morgan fingerprint density at radius 2 is 2.13 bits per heavy atom. The molecule has 1 unspecified atom stereocenters. The lowest BCUT2D eigenvalue weighted by Gasteiger charge is -2.11. The number of hydrogen-bond donors (Lipinski definition) is 1. The van der Waals surface area contributed by atoms with Crippen molar-refractivity contribution in [2.75, 3.05) is 0 Å². The number of rotatable bonds is 3. The Labute approximate surface area is 94.6 Å². The van der Waals surface area contributed by atoms with Gasteiger partial charge in [0.25, 0.3) is 0 Å². The van der Waals surface area contributed by atoms with E-state index in [1.54, 1.807) is 11.3 Å². The van der Waals surface area contributed by atoms with Crippen molar-refractivity contribution in [2.45, 2.75) is 19.4 Å². The van der Waals surface area contributed by atoms with Gasteiger partial charge in [-0.25, -0.2) is 0 Å². The van der Waals surface area contributed by atoms with Crippen LogP contribution in [0.1, 0.15) is 22.0 Å². The molecule has 2 N–H and O–H groups in total. The fourth-order valence-corrected chi connectivity index (χ4v) is 2.43. The minimum absolute atomic E-state index is 0.114. The number of hydrogen-bond acceptors (Lipinski definition) is 2. The van der Waals surface area contributed by atoms with Crippen LogP contribution in [0.15, 0.2) is 41.8 Å². The molecule has 1 atom stereocenters. The van der Waals surface area contributed by atoms with E-state index in [9.17, 15) is 0 Å². The van der Waals surface area contributed by atoms with E-state index in [2.05, 4.69) is 48.7 Å². The molecule has 0 aliphatic carbocycles. The van der Waals surface area contributed by atoms with Gasteiger partial charge in [0, 0.05) is 17.3 Å². The van der Waals surface area contributed by atoms with Crippen molar-refractivity contribution in [3.8, 4) is 0 Å². The Kier molecular flexibility index (Phi) is 3.19. The van der Waals surface area contributed by atoms with Gasteiger partial charge < -0.3 is 5.73 Å². The second-order valence-corrected chi connectivity index (χ2v) is 4.84. The Bertz CT molecular complexity index is 420. The quantitative estimate of drug-likeness (QED) is 0.838. The van der Waals surface area contributed by atoms with Crippen LogP contribution in [0.25, 0.3) is 0 Å². The Hall–Kier alpha value is -1.12. The maximum atomic E-state index is 6.16. The third kappa shape index (κ3) is 2.67. The van der Waals surface area contributed by atoms with Crippen LogP contribution < -0.4 is 5.73 Å². The van der Waals surface area contributed by atoms with Crippen molar-refractivity contribution in [1.29, 1.82) is 0 Å². The lowest BCUT2D eigenvalue weighted by Crippen LogP contribution is -2.12. The van der Waals surface area contributed by atoms with E-state index in [4.69, 9.17) is 5.73 Å². The van der Waals surface area contributed by atoms with Crippen molar-refractivity contribution in [1.82, 2.24) is 0 Å². The molecule has 15 heavy (non-hydrogen) atoms. The molecule has 1 heterocycles. The standard InChI is InChI=1S/C13H15NS/c1-10-4-2-5-11(8-10)13(14)9-12-6-3-7-15-12/h2-8,13H,9,14H2,1H3. The second-order valence-electron chi connectivity index (χ2n) is 3.80. The van der Waals surface area contributed by atoms with Crippen molar-refractivity contribution in [3.05, 3.63) is 57.8 Å². The van der Waals surface area contributed by atoms with Gasteiger partial charge in [-0.1, -0.05) is 35.9 Å². The maximum absolute atomic E-state index is 6.16. The number of thiophene rings is 1. The molecule has 2 heteroatoms. The van der Waals surface area contributed by atoms with E-state index >= 15 is 0 Å². The summed E-state index contributed by atoms with van der Waals surface area (Å²) in [5.41, 5.74) is 8.66. The van der Waals surface area contributed by atoms with Gasteiger partial charge in [0.15, 0.2) is 0 Å². The average Bonchev–Trinajstić information content (AvgIpc) is 2.70. The van der Waals surface area contributed by atoms with Gasteiger partial charge in [-0.15, -0.1) is 11.3 Å². The summed E-state index contributed by atoms with van der Waals surface area (Å²) >= 11 is 1.77.